The van der Waals surface area contributed by atoms with E-state index in [-0.39, 0.29) is 0 Å². The van der Waals surface area contributed by atoms with Crippen molar-refractivity contribution in [2.45, 2.75) is 12.5 Å². The van der Waals surface area contributed by atoms with E-state index in [2.05, 4.69) is 24.3 Å². The summed E-state index contributed by atoms with van der Waals surface area (Å²) in [5.41, 5.74) is 2.28. The molecule has 3 rings (SSSR count). The summed E-state index contributed by atoms with van der Waals surface area (Å²) in [6.07, 6.45) is 3.98. The van der Waals surface area contributed by atoms with Gasteiger partial charge in [-0.2, -0.15) is 0 Å². The molecule has 0 bridgehead atoms. The van der Waals surface area contributed by atoms with Crippen LogP contribution in [0.2, 0.25) is 0 Å². The molecule has 0 saturated heterocycles. The Hall–Kier alpha value is -2.38. The first-order valence-corrected chi connectivity index (χ1v) is 7.21. The highest BCUT2D eigenvalue weighted by Gasteiger charge is 2.05. The number of hydrogen-bond donors (Lipinski definition) is 1. The van der Waals surface area contributed by atoms with Crippen LogP contribution in [0, 0.1) is 0 Å². The van der Waals surface area contributed by atoms with Gasteiger partial charge in [0.25, 0.3) is 0 Å². The highest BCUT2D eigenvalue weighted by atomic mass is 16.3. The number of fused-ring (bicyclic) bond motifs is 1. The van der Waals surface area contributed by atoms with Gasteiger partial charge in [0.1, 0.15) is 0 Å². The number of benzene rings is 3. The van der Waals surface area contributed by atoms with Crippen molar-refractivity contribution in [1.82, 2.24) is 0 Å². The zero-order valence-electron chi connectivity index (χ0n) is 11.8. The summed E-state index contributed by atoms with van der Waals surface area (Å²) in [5, 5.41) is 12.7. The van der Waals surface area contributed by atoms with Gasteiger partial charge in [-0.15, -0.1) is 0 Å². The van der Waals surface area contributed by atoms with Crippen LogP contribution in [0.5, 0.6) is 0 Å². The van der Waals surface area contributed by atoms with E-state index in [0.717, 1.165) is 5.56 Å². The third-order valence-electron chi connectivity index (χ3n) is 3.62. The first-order valence-electron chi connectivity index (χ1n) is 7.21. The van der Waals surface area contributed by atoms with E-state index in [4.69, 9.17) is 0 Å². The normalized spacial score (nSPS) is 12.8. The first kappa shape index (κ1) is 13.6. The minimum absolute atomic E-state index is 0.476. The Bertz CT molecular complexity index is 739. The second-order valence-corrected chi connectivity index (χ2v) is 5.18. The van der Waals surface area contributed by atoms with Crippen molar-refractivity contribution in [3.8, 4) is 0 Å². The van der Waals surface area contributed by atoms with Crippen molar-refractivity contribution < 1.29 is 5.11 Å². The Labute approximate surface area is 125 Å². The number of aliphatic hydroxyl groups is 1. The summed E-state index contributed by atoms with van der Waals surface area (Å²) in [5.74, 6) is 0. The van der Waals surface area contributed by atoms with Crippen molar-refractivity contribution in [2.75, 3.05) is 0 Å². The second kappa shape index (κ2) is 6.38. The van der Waals surface area contributed by atoms with Gasteiger partial charge in [0, 0.05) is 6.42 Å². The number of aliphatic hydroxyl groups excluding tert-OH is 1. The van der Waals surface area contributed by atoms with Gasteiger partial charge in [0.2, 0.25) is 0 Å². The van der Waals surface area contributed by atoms with Gasteiger partial charge < -0.3 is 5.11 Å². The lowest BCUT2D eigenvalue weighted by Crippen LogP contribution is -2.06. The molecular formula is C20H18O. The Kier molecular flexibility index (Phi) is 4.13. The summed E-state index contributed by atoms with van der Waals surface area (Å²) in [7, 11) is 0. The average Bonchev–Trinajstić information content (AvgIpc) is 2.54. The van der Waals surface area contributed by atoms with E-state index in [0.29, 0.717) is 6.42 Å². The van der Waals surface area contributed by atoms with Crippen LogP contribution in [0.1, 0.15) is 11.1 Å². The third-order valence-corrected chi connectivity index (χ3v) is 3.62. The maximum Gasteiger partial charge on any atom is 0.0764 e. The fourth-order valence-corrected chi connectivity index (χ4v) is 2.55. The van der Waals surface area contributed by atoms with Crippen LogP contribution in [0.15, 0.2) is 78.9 Å². The summed E-state index contributed by atoms with van der Waals surface area (Å²) < 4.78 is 0. The van der Waals surface area contributed by atoms with Gasteiger partial charge in [-0.05, 0) is 21.9 Å². The van der Waals surface area contributed by atoms with Crippen LogP contribution in [0.3, 0.4) is 0 Å². The highest BCUT2D eigenvalue weighted by molar-refractivity contribution is 5.85. The summed E-state index contributed by atoms with van der Waals surface area (Å²) in [4.78, 5) is 0. The van der Waals surface area contributed by atoms with E-state index < -0.39 is 6.10 Å². The molecule has 3 aromatic rings. The lowest BCUT2D eigenvalue weighted by Gasteiger charge is -2.09. The molecule has 0 aliphatic heterocycles. The Morgan fingerprint density at radius 3 is 2.38 bits per heavy atom. The summed E-state index contributed by atoms with van der Waals surface area (Å²) in [6, 6.07) is 24.6. The van der Waals surface area contributed by atoms with E-state index >= 15 is 0 Å². The molecule has 21 heavy (non-hydrogen) atoms. The first-order chi connectivity index (χ1) is 10.3. The van der Waals surface area contributed by atoms with E-state index in [9.17, 15) is 5.11 Å². The predicted molar refractivity (Wildman–Crippen MR) is 89.1 cm³/mol. The molecule has 0 spiro atoms. The fraction of sp³-hybridized carbons (Fsp3) is 0.100. The van der Waals surface area contributed by atoms with Gasteiger partial charge in [-0.25, -0.2) is 0 Å². The van der Waals surface area contributed by atoms with E-state index in [1.165, 1.54) is 16.3 Å². The molecule has 1 N–H and O–H groups in total. The SMILES string of the molecule is OC(C=Cc1ccccc1)Cc1cccc2ccccc12. The second-order valence-electron chi connectivity index (χ2n) is 5.18. The number of hydrogen-bond acceptors (Lipinski definition) is 1. The predicted octanol–water partition coefficient (Wildman–Crippen LogP) is 4.46. The van der Waals surface area contributed by atoms with Crippen LogP contribution in [0.25, 0.3) is 16.8 Å². The molecule has 1 nitrogen and oxygen atoms in total. The standard InChI is InChI=1S/C20H18O/c21-19(14-13-16-7-2-1-3-8-16)15-18-11-6-10-17-9-4-5-12-20(17)18/h1-14,19,21H,15H2. The van der Waals surface area contributed by atoms with Crippen LogP contribution < -0.4 is 0 Å². The molecule has 3 aromatic carbocycles. The van der Waals surface area contributed by atoms with Gasteiger partial charge in [0.15, 0.2) is 0 Å². The van der Waals surface area contributed by atoms with Gasteiger partial charge in [-0.3, -0.25) is 0 Å². The minimum Gasteiger partial charge on any atom is -0.389 e. The van der Waals surface area contributed by atoms with Gasteiger partial charge in [-0.1, -0.05) is 84.9 Å². The Morgan fingerprint density at radius 2 is 1.52 bits per heavy atom. The van der Waals surface area contributed by atoms with Crippen LogP contribution in [0.4, 0.5) is 0 Å². The molecule has 0 aliphatic rings. The van der Waals surface area contributed by atoms with Gasteiger partial charge in [0.05, 0.1) is 6.10 Å². The molecule has 0 aliphatic carbocycles. The van der Waals surface area contributed by atoms with Crippen molar-refractivity contribution in [3.05, 3.63) is 90.0 Å². The zero-order chi connectivity index (χ0) is 14.5. The van der Waals surface area contributed by atoms with Crippen LogP contribution in [-0.2, 0) is 6.42 Å². The molecule has 104 valence electrons. The Balaban J connectivity index is 1.77. The zero-order valence-corrected chi connectivity index (χ0v) is 11.8. The molecular weight excluding hydrogens is 256 g/mol. The quantitative estimate of drug-likeness (QED) is 0.745. The molecule has 0 radical (unpaired) electrons. The smallest absolute Gasteiger partial charge is 0.0764 e. The van der Waals surface area contributed by atoms with Crippen LogP contribution >= 0.6 is 0 Å². The largest absolute Gasteiger partial charge is 0.389 e. The lowest BCUT2D eigenvalue weighted by molar-refractivity contribution is 0.225. The highest BCUT2D eigenvalue weighted by Crippen LogP contribution is 2.20. The molecule has 0 amide bonds. The van der Waals surface area contributed by atoms with Gasteiger partial charge >= 0.3 is 0 Å². The molecule has 0 fully saturated rings. The Morgan fingerprint density at radius 1 is 0.810 bits per heavy atom. The molecule has 0 heterocycles. The van der Waals surface area contributed by atoms with Crippen molar-refractivity contribution in [1.29, 1.82) is 0 Å². The maximum atomic E-state index is 10.2. The summed E-state index contributed by atoms with van der Waals surface area (Å²) in [6.45, 7) is 0. The van der Waals surface area contributed by atoms with Crippen molar-refractivity contribution in [3.63, 3.8) is 0 Å². The van der Waals surface area contributed by atoms with Crippen molar-refractivity contribution in [2.24, 2.45) is 0 Å². The molecule has 1 unspecified atom stereocenters. The lowest BCUT2D eigenvalue weighted by atomic mass is 9.99. The molecule has 1 heteroatoms. The molecule has 0 aromatic heterocycles. The fourth-order valence-electron chi connectivity index (χ4n) is 2.55. The van der Waals surface area contributed by atoms with Crippen LogP contribution in [-0.4, -0.2) is 11.2 Å². The van der Waals surface area contributed by atoms with E-state index in [1.54, 1.807) is 0 Å². The maximum absolute atomic E-state index is 10.2. The molecule has 0 saturated carbocycles. The summed E-state index contributed by atoms with van der Waals surface area (Å²) >= 11 is 0. The third kappa shape index (κ3) is 3.39. The van der Waals surface area contributed by atoms with E-state index in [1.807, 2.05) is 60.7 Å². The number of rotatable bonds is 4. The monoisotopic (exact) mass is 274 g/mol. The molecule has 1 atom stereocenters. The van der Waals surface area contributed by atoms with Crippen molar-refractivity contribution >= 4 is 16.8 Å². The topological polar surface area (TPSA) is 20.2 Å². The average molecular weight is 274 g/mol. The minimum atomic E-state index is -0.476.